The average molecular weight is 625 g/mol. The number of nitrogens with one attached hydrogen (secondary N) is 2. The molecule has 238 valence electrons. The maximum atomic E-state index is 15.5. The van der Waals surface area contributed by atoms with Gasteiger partial charge in [0.25, 0.3) is 11.5 Å². The Kier molecular flexibility index (Phi) is 7.72. The van der Waals surface area contributed by atoms with Crippen molar-refractivity contribution in [3.05, 3.63) is 98.6 Å². The Morgan fingerprint density at radius 1 is 1.09 bits per heavy atom. The van der Waals surface area contributed by atoms with E-state index >= 15 is 4.39 Å². The molecule has 1 amide bonds. The van der Waals surface area contributed by atoms with E-state index in [1.54, 1.807) is 19.3 Å². The number of esters is 1. The quantitative estimate of drug-likeness (QED) is 0.290. The molecule has 2 N–H and O–H groups in total. The second-order valence-electron chi connectivity index (χ2n) is 12.7. The molecule has 1 aromatic carbocycles. The van der Waals surface area contributed by atoms with E-state index in [0.717, 1.165) is 50.0 Å². The number of fused-ring (bicyclic) bond motifs is 3. The van der Waals surface area contributed by atoms with Gasteiger partial charge in [-0.15, -0.1) is 0 Å². The normalized spacial score (nSPS) is 17.9. The number of amides is 1. The van der Waals surface area contributed by atoms with Crippen LogP contribution in [-0.4, -0.2) is 51.0 Å². The molecule has 2 aliphatic heterocycles. The highest BCUT2D eigenvalue weighted by atomic mass is 19.1. The summed E-state index contributed by atoms with van der Waals surface area (Å²) in [6.07, 6.45) is 7.45. The third-order valence-corrected chi connectivity index (χ3v) is 9.43. The summed E-state index contributed by atoms with van der Waals surface area (Å²) in [5, 5.41) is 6.22. The summed E-state index contributed by atoms with van der Waals surface area (Å²) >= 11 is 0. The number of hydrogen-bond donors (Lipinski definition) is 2. The lowest BCUT2D eigenvalue weighted by Crippen LogP contribution is -2.41. The van der Waals surface area contributed by atoms with Crippen LogP contribution in [0.5, 0.6) is 0 Å². The molecule has 3 aliphatic rings. The minimum absolute atomic E-state index is 0.131. The van der Waals surface area contributed by atoms with Crippen molar-refractivity contribution in [2.24, 2.45) is 7.05 Å². The molecule has 1 fully saturated rings. The van der Waals surface area contributed by atoms with Crippen LogP contribution in [0, 0.1) is 5.82 Å². The van der Waals surface area contributed by atoms with Crippen molar-refractivity contribution in [1.82, 2.24) is 24.3 Å². The molecule has 0 radical (unpaired) electrons. The number of halogens is 1. The molecule has 4 aromatic rings. The lowest BCUT2D eigenvalue weighted by Gasteiger charge is -2.36. The highest BCUT2D eigenvalue weighted by molar-refractivity contribution is 5.94. The van der Waals surface area contributed by atoms with Crippen molar-refractivity contribution in [1.29, 1.82) is 0 Å². The molecule has 3 aromatic heterocycles. The van der Waals surface area contributed by atoms with Crippen molar-refractivity contribution in [2.75, 3.05) is 25.5 Å². The van der Waals surface area contributed by atoms with Crippen LogP contribution in [0.3, 0.4) is 0 Å². The maximum absolute atomic E-state index is 15.5. The van der Waals surface area contributed by atoms with Crippen molar-refractivity contribution in [3.8, 4) is 11.1 Å². The number of hydrogen-bond acceptors (Lipinski definition) is 7. The van der Waals surface area contributed by atoms with Crippen molar-refractivity contribution >= 4 is 23.4 Å². The Hall–Kier alpha value is -4.77. The number of aromatic nitrogens is 3. The fourth-order valence-corrected chi connectivity index (χ4v) is 7.08. The fraction of sp³-hybridized carbons (Fsp3) is 0.371. The van der Waals surface area contributed by atoms with E-state index in [9.17, 15) is 14.4 Å². The van der Waals surface area contributed by atoms with Gasteiger partial charge in [-0.2, -0.15) is 0 Å². The van der Waals surface area contributed by atoms with E-state index in [2.05, 4.69) is 32.1 Å². The Balaban J connectivity index is 1.26. The predicted molar refractivity (Wildman–Crippen MR) is 172 cm³/mol. The van der Waals surface area contributed by atoms with Crippen LogP contribution in [0.4, 0.5) is 15.9 Å². The fourth-order valence-electron chi connectivity index (χ4n) is 7.08. The second kappa shape index (κ2) is 11.9. The number of aryl methyl sites for hydroxylation is 2. The molecule has 1 saturated heterocycles. The van der Waals surface area contributed by atoms with Gasteiger partial charge in [0.15, 0.2) is 0 Å². The molecule has 1 atom stereocenters. The van der Waals surface area contributed by atoms with Crippen LogP contribution < -0.4 is 16.2 Å². The monoisotopic (exact) mass is 624 g/mol. The van der Waals surface area contributed by atoms with Crippen LogP contribution in [0.1, 0.15) is 70.2 Å². The van der Waals surface area contributed by atoms with Gasteiger partial charge in [-0.25, -0.2) is 9.37 Å². The number of rotatable bonds is 7. The summed E-state index contributed by atoms with van der Waals surface area (Å²) in [5.74, 6) is -0.244. The largest absolute Gasteiger partial charge is 0.461 e. The zero-order chi connectivity index (χ0) is 32.1. The molecule has 46 heavy (non-hydrogen) atoms. The van der Waals surface area contributed by atoms with Gasteiger partial charge < -0.3 is 29.4 Å². The molecule has 0 spiro atoms. The smallest absolute Gasteiger partial charge is 0.302 e. The first kappa shape index (κ1) is 29.9. The van der Waals surface area contributed by atoms with Crippen LogP contribution in [0.25, 0.3) is 11.1 Å². The number of carbonyl (C=O) groups is 2. The zero-order valence-corrected chi connectivity index (χ0v) is 26.2. The molecule has 1 aliphatic carbocycles. The lowest BCUT2D eigenvalue weighted by atomic mass is 9.91. The van der Waals surface area contributed by atoms with Gasteiger partial charge in [0, 0.05) is 68.7 Å². The first-order chi connectivity index (χ1) is 22.1. The van der Waals surface area contributed by atoms with E-state index in [0.29, 0.717) is 46.2 Å². The SMILES string of the molecule is CC(=O)OCc1c(-c2cc(Nc3ccc(C4CN(C)C4)cn3)c(=O)n(C)c2)cc(F)cc1C1Cn2c(cc3c2CCCC3)C(=O)N1. The molecule has 7 rings (SSSR count). The van der Waals surface area contributed by atoms with Gasteiger partial charge in [-0.1, -0.05) is 6.07 Å². The first-order valence-electron chi connectivity index (χ1n) is 15.7. The van der Waals surface area contributed by atoms with E-state index in [4.69, 9.17) is 4.74 Å². The van der Waals surface area contributed by atoms with Gasteiger partial charge in [0.2, 0.25) is 0 Å². The molecule has 10 nitrogen and oxygen atoms in total. The Labute approximate surface area is 266 Å². The van der Waals surface area contributed by atoms with Gasteiger partial charge in [-0.05, 0) is 85.3 Å². The third kappa shape index (κ3) is 5.60. The summed E-state index contributed by atoms with van der Waals surface area (Å²) < 4.78 is 24.5. The third-order valence-electron chi connectivity index (χ3n) is 9.43. The van der Waals surface area contributed by atoms with Crippen LogP contribution in [-0.2, 0) is 42.6 Å². The topological polar surface area (TPSA) is 110 Å². The molecular weight excluding hydrogens is 587 g/mol. The minimum Gasteiger partial charge on any atom is -0.461 e. The number of carbonyl (C=O) groups excluding carboxylic acids is 2. The summed E-state index contributed by atoms with van der Waals surface area (Å²) in [4.78, 5) is 45.3. The predicted octanol–water partition coefficient (Wildman–Crippen LogP) is 4.59. The first-order valence-corrected chi connectivity index (χ1v) is 15.7. The molecule has 1 unspecified atom stereocenters. The van der Waals surface area contributed by atoms with Gasteiger partial charge in [0.1, 0.15) is 29.6 Å². The van der Waals surface area contributed by atoms with Crippen molar-refractivity contribution in [2.45, 2.75) is 57.7 Å². The second-order valence-corrected chi connectivity index (χ2v) is 12.7. The molecule has 11 heteroatoms. The standard InChI is InChI=1S/C35H37FN6O4/c1-20(43)46-19-28-26(12-25(36)13-27(28)30-18-42-31-7-5-4-6-21(31)11-32(42)34(44)39-30)23-10-29(35(45)41(3)17-23)38-33-9-8-22(14-37-33)24-15-40(2)16-24/h8-14,17,24,30H,4-7,15-16,18-19H2,1-3H3,(H,37,38)(H,39,44). The number of likely N-dealkylation sites (N-methyl/N-ethyl adjacent to an activating group) is 1. The maximum Gasteiger partial charge on any atom is 0.302 e. The van der Waals surface area contributed by atoms with Crippen molar-refractivity contribution < 1.29 is 18.7 Å². The van der Waals surface area contributed by atoms with Crippen LogP contribution in [0.15, 0.2) is 53.6 Å². The van der Waals surface area contributed by atoms with Crippen molar-refractivity contribution in [3.63, 3.8) is 0 Å². The van der Waals surface area contributed by atoms with Gasteiger partial charge >= 0.3 is 5.97 Å². The summed E-state index contributed by atoms with van der Waals surface area (Å²) in [5.41, 5.74) is 6.20. The van der Waals surface area contributed by atoms with Gasteiger partial charge in [-0.3, -0.25) is 14.4 Å². The zero-order valence-electron chi connectivity index (χ0n) is 26.2. The highest BCUT2D eigenvalue weighted by Crippen LogP contribution is 2.36. The van der Waals surface area contributed by atoms with E-state index in [1.807, 2.05) is 24.4 Å². The number of anilines is 2. The summed E-state index contributed by atoms with van der Waals surface area (Å²) in [6.45, 7) is 3.60. The summed E-state index contributed by atoms with van der Waals surface area (Å²) in [6, 6.07) is 9.73. The summed E-state index contributed by atoms with van der Waals surface area (Å²) in [7, 11) is 3.71. The Bertz CT molecular complexity index is 1910. The molecule has 0 saturated carbocycles. The number of ether oxygens (including phenoxy) is 1. The number of pyridine rings is 2. The number of benzene rings is 1. The van der Waals surface area contributed by atoms with Crippen LogP contribution in [0.2, 0.25) is 0 Å². The van der Waals surface area contributed by atoms with E-state index < -0.39 is 17.8 Å². The highest BCUT2D eigenvalue weighted by Gasteiger charge is 2.32. The van der Waals surface area contributed by atoms with E-state index in [1.165, 1.54) is 29.2 Å². The number of likely N-dealkylation sites (tertiary alicyclic amines) is 1. The van der Waals surface area contributed by atoms with Crippen LogP contribution >= 0.6 is 0 Å². The van der Waals surface area contributed by atoms with Gasteiger partial charge in [0.05, 0.1) is 6.04 Å². The minimum atomic E-state index is -0.554. The number of nitrogens with zero attached hydrogens (tertiary/aromatic N) is 4. The lowest BCUT2D eigenvalue weighted by molar-refractivity contribution is -0.142. The average Bonchev–Trinajstić information content (AvgIpc) is 3.40. The molecular formula is C35H37FN6O4. The Morgan fingerprint density at radius 2 is 1.89 bits per heavy atom. The Morgan fingerprint density at radius 3 is 2.63 bits per heavy atom. The van der Waals surface area contributed by atoms with E-state index in [-0.39, 0.29) is 23.8 Å². The molecule has 0 bridgehead atoms. The molecule has 5 heterocycles.